The number of hydrogen-bond acceptors (Lipinski definition) is 4. The number of carbonyl (C=O) groups excluding carboxylic acids is 2. The minimum Gasteiger partial charge on any atom is -0.481 e. The van der Waals surface area contributed by atoms with Crippen LogP contribution in [0.5, 0.6) is 0 Å². The predicted molar refractivity (Wildman–Crippen MR) is 126 cm³/mol. The molecule has 0 bridgehead atoms. The van der Waals surface area contributed by atoms with Gasteiger partial charge in [-0.3, -0.25) is 9.59 Å². The topological polar surface area (TPSA) is 95.9 Å². The highest BCUT2D eigenvalue weighted by Crippen LogP contribution is 2.44. The summed E-state index contributed by atoms with van der Waals surface area (Å²) in [5, 5.41) is 11.5. The molecule has 0 aliphatic heterocycles. The van der Waals surface area contributed by atoms with Gasteiger partial charge in [0.25, 0.3) is 0 Å². The average Bonchev–Trinajstić information content (AvgIpc) is 3.12. The molecule has 0 unspecified atom stereocenters. The van der Waals surface area contributed by atoms with Gasteiger partial charge in [-0.1, -0.05) is 48.5 Å². The van der Waals surface area contributed by atoms with Gasteiger partial charge in [0.15, 0.2) is 0 Å². The van der Waals surface area contributed by atoms with Crippen LogP contribution in [0, 0.1) is 5.41 Å². The molecule has 7 nitrogen and oxygen atoms in total. The molecule has 0 saturated carbocycles. The highest BCUT2D eigenvalue weighted by Gasteiger charge is 2.33. The van der Waals surface area contributed by atoms with Crippen LogP contribution in [0.15, 0.2) is 48.5 Å². The van der Waals surface area contributed by atoms with Crippen LogP contribution in [-0.2, 0) is 14.3 Å². The fourth-order valence-electron chi connectivity index (χ4n) is 4.27. The van der Waals surface area contributed by atoms with Crippen LogP contribution in [0.25, 0.3) is 11.1 Å². The van der Waals surface area contributed by atoms with Gasteiger partial charge < -0.3 is 20.1 Å². The number of alkyl carbamates (subject to hydrolysis) is 1. The molecule has 0 heterocycles. The summed E-state index contributed by atoms with van der Waals surface area (Å²) in [5.41, 5.74) is 3.77. The second-order valence-electron chi connectivity index (χ2n) is 8.95. The molecule has 176 valence electrons. The average molecular weight is 453 g/mol. The maximum Gasteiger partial charge on any atom is 0.407 e. The van der Waals surface area contributed by atoms with Crippen molar-refractivity contribution >= 4 is 18.0 Å². The molecule has 0 fully saturated rings. The third kappa shape index (κ3) is 5.72. The summed E-state index contributed by atoms with van der Waals surface area (Å²) in [5.74, 6) is -1.04. The lowest BCUT2D eigenvalue weighted by molar-refractivity contribution is -0.141. The standard InChI is InChI=1S/C26H32N2O5/c1-4-28(15-9-14-23(29)30)24(31)26(2,3)17-27-25(32)33-16-22-20-12-7-5-10-18(20)19-11-6-8-13-21(19)22/h5-8,10-13,22H,4,9,14-17H2,1-3H3,(H,27,32)(H,29,30). The molecule has 2 aromatic rings. The Hall–Kier alpha value is -3.35. The minimum absolute atomic E-state index is 0.0161. The van der Waals surface area contributed by atoms with E-state index in [-0.39, 0.29) is 31.4 Å². The number of carbonyl (C=O) groups is 3. The van der Waals surface area contributed by atoms with Crippen molar-refractivity contribution in [3.8, 4) is 11.1 Å². The van der Waals surface area contributed by atoms with E-state index < -0.39 is 17.5 Å². The number of fused-ring (bicyclic) bond motifs is 3. The molecule has 2 amide bonds. The van der Waals surface area contributed by atoms with Gasteiger partial charge >= 0.3 is 12.1 Å². The van der Waals surface area contributed by atoms with E-state index >= 15 is 0 Å². The number of carboxylic acids is 1. The van der Waals surface area contributed by atoms with Gasteiger partial charge in [0.1, 0.15) is 6.61 Å². The molecular weight excluding hydrogens is 420 g/mol. The fraction of sp³-hybridized carbons (Fsp3) is 0.423. The molecular formula is C26H32N2O5. The first-order valence-electron chi connectivity index (χ1n) is 11.3. The summed E-state index contributed by atoms with van der Waals surface area (Å²) in [6.07, 6.45) is -0.154. The maximum absolute atomic E-state index is 12.9. The Morgan fingerprint density at radius 2 is 1.61 bits per heavy atom. The van der Waals surface area contributed by atoms with Crippen LogP contribution in [0.1, 0.15) is 50.7 Å². The lowest BCUT2D eigenvalue weighted by Gasteiger charge is -2.31. The Labute approximate surface area is 194 Å². The number of hydrogen-bond donors (Lipinski definition) is 2. The number of aliphatic carboxylic acids is 1. The van der Waals surface area contributed by atoms with Gasteiger partial charge in [0.2, 0.25) is 5.91 Å². The Kier molecular flexibility index (Phi) is 7.74. The number of nitrogens with one attached hydrogen (secondary N) is 1. The summed E-state index contributed by atoms with van der Waals surface area (Å²) >= 11 is 0. The van der Waals surface area contributed by atoms with Crippen LogP contribution in [0.2, 0.25) is 0 Å². The smallest absolute Gasteiger partial charge is 0.407 e. The van der Waals surface area contributed by atoms with Gasteiger partial charge in [0, 0.05) is 32.0 Å². The van der Waals surface area contributed by atoms with Gasteiger partial charge in [-0.15, -0.1) is 0 Å². The second kappa shape index (κ2) is 10.5. The number of amides is 2. The Morgan fingerprint density at radius 1 is 1.03 bits per heavy atom. The van der Waals surface area contributed by atoms with Crippen molar-refractivity contribution < 1.29 is 24.2 Å². The van der Waals surface area contributed by atoms with Gasteiger partial charge in [-0.05, 0) is 49.4 Å². The van der Waals surface area contributed by atoms with E-state index in [0.29, 0.717) is 19.5 Å². The monoisotopic (exact) mass is 452 g/mol. The zero-order valence-electron chi connectivity index (χ0n) is 19.5. The number of benzene rings is 2. The van der Waals surface area contributed by atoms with Gasteiger partial charge in [0.05, 0.1) is 5.41 Å². The minimum atomic E-state index is -0.880. The lowest BCUT2D eigenvalue weighted by Crippen LogP contribution is -2.47. The van der Waals surface area contributed by atoms with Crippen LogP contribution in [0.4, 0.5) is 4.79 Å². The molecule has 0 saturated heterocycles. The number of nitrogens with zero attached hydrogens (tertiary/aromatic N) is 1. The maximum atomic E-state index is 12.9. The van der Waals surface area contributed by atoms with Crippen LogP contribution in [0.3, 0.4) is 0 Å². The van der Waals surface area contributed by atoms with E-state index in [2.05, 4.69) is 29.6 Å². The van der Waals surface area contributed by atoms with E-state index in [9.17, 15) is 14.4 Å². The largest absolute Gasteiger partial charge is 0.481 e. The van der Waals surface area contributed by atoms with Crippen LogP contribution >= 0.6 is 0 Å². The normalized spacial score (nSPS) is 12.6. The van der Waals surface area contributed by atoms with E-state index in [4.69, 9.17) is 9.84 Å². The van der Waals surface area contributed by atoms with Crippen LogP contribution in [-0.4, -0.2) is 54.2 Å². The van der Waals surface area contributed by atoms with Crippen molar-refractivity contribution in [3.63, 3.8) is 0 Å². The molecule has 1 aliphatic carbocycles. The van der Waals surface area contributed by atoms with Crippen molar-refractivity contribution in [1.29, 1.82) is 0 Å². The van der Waals surface area contributed by atoms with E-state index in [1.165, 1.54) is 0 Å². The Morgan fingerprint density at radius 3 is 2.15 bits per heavy atom. The summed E-state index contributed by atoms with van der Waals surface area (Å²) in [6, 6.07) is 16.3. The SMILES string of the molecule is CCN(CCCC(=O)O)C(=O)C(C)(C)CNC(=O)OCC1c2ccccc2-c2ccccc21. The summed E-state index contributed by atoms with van der Waals surface area (Å²) in [7, 11) is 0. The Bertz CT molecular complexity index is 972. The molecule has 0 spiro atoms. The summed E-state index contributed by atoms with van der Waals surface area (Å²) in [4.78, 5) is 37.7. The first-order chi connectivity index (χ1) is 15.7. The quantitative estimate of drug-likeness (QED) is 0.561. The zero-order valence-corrected chi connectivity index (χ0v) is 19.5. The Balaban J connectivity index is 1.55. The molecule has 0 radical (unpaired) electrons. The third-order valence-electron chi connectivity index (χ3n) is 6.08. The molecule has 33 heavy (non-hydrogen) atoms. The molecule has 2 aromatic carbocycles. The number of carboxylic acid groups (broad SMARTS) is 1. The van der Waals surface area contributed by atoms with E-state index in [0.717, 1.165) is 22.3 Å². The molecule has 2 N–H and O–H groups in total. The van der Waals surface area contributed by atoms with E-state index in [1.807, 2.05) is 31.2 Å². The van der Waals surface area contributed by atoms with Crippen molar-refractivity contribution in [3.05, 3.63) is 59.7 Å². The van der Waals surface area contributed by atoms with Crippen molar-refractivity contribution in [2.45, 2.75) is 39.5 Å². The lowest BCUT2D eigenvalue weighted by atomic mass is 9.91. The summed E-state index contributed by atoms with van der Waals surface area (Å²) < 4.78 is 5.55. The highest BCUT2D eigenvalue weighted by molar-refractivity contribution is 5.83. The second-order valence-corrected chi connectivity index (χ2v) is 8.95. The van der Waals surface area contributed by atoms with Crippen molar-refractivity contribution in [1.82, 2.24) is 10.2 Å². The van der Waals surface area contributed by atoms with Crippen molar-refractivity contribution in [2.24, 2.45) is 5.41 Å². The predicted octanol–water partition coefficient (Wildman–Crippen LogP) is 4.26. The van der Waals surface area contributed by atoms with Gasteiger partial charge in [-0.2, -0.15) is 0 Å². The number of ether oxygens (including phenoxy) is 1. The fourth-order valence-corrected chi connectivity index (χ4v) is 4.27. The summed E-state index contributed by atoms with van der Waals surface area (Å²) in [6.45, 7) is 6.57. The first kappa shape index (κ1) is 24.3. The van der Waals surface area contributed by atoms with Crippen LogP contribution < -0.4 is 5.32 Å². The number of rotatable bonds is 10. The van der Waals surface area contributed by atoms with E-state index in [1.54, 1.807) is 18.7 Å². The van der Waals surface area contributed by atoms with Gasteiger partial charge in [-0.25, -0.2) is 4.79 Å². The molecule has 0 aromatic heterocycles. The molecule has 7 heteroatoms. The molecule has 3 rings (SSSR count). The zero-order chi connectivity index (χ0) is 24.0. The first-order valence-corrected chi connectivity index (χ1v) is 11.3. The molecule has 0 atom stereocenters. The highest BCUT2D eigenvalue weighted by atomic mass is 16.5. The van der Waals surface area contributed by atoms with Crippen molar-refractivity contribution in [2.75, 3.05) is 26.2 Å². The third-order valence-corrected chi connectivity index (χ3v) is 6.08. The molecule has 1 aliphatic rings.